The third-order valence-electron chi connectivity index (χ3n) is 5.88. The third-order valence-corrected chi connectivity index (χ3v) is 7.73. The van der Waals surface area contributed by atoms with E-state index in [1.54, 1.807) is 4.31 Å². The van der Waals surface area contributed by atoms with Gasteiger partial charge in [0.1, 0.15) is 0 Å². The van der Waals surface area contributed by atoms with E-state index in [9.17, 15) is 13.2 Å². The van der Waals surface area contributed by atoms with Crippen LogP contribution in [0.3, 0.4) is 0 Å². The molecule has 3 rings (SSSR count). The topological polar surface area (TPSA) is 66.5 Å². The Kier molecular flexibility index (Phi) is 7.89. The van der Waals surface area contributed by atoms with E-state index < -0.39 is 10.0 Å². The lowest BCUT2D eigenvalue weighted by atomic mass is 9.93. The summed E-state index contributed by atoms with van der Waals surface area (Å²) in [5, 5.41) is 3.23. The molecule has 1 saturated heterocycles. The maximum atomic E-state index is 13.0. The van der Waals surface area contributed by atoms with Crippen molar-refractivity contribution in [3.05, 3.63) is 71.3 Å². The Morgan fingerprint density at radius 3 is 2.35 bits per heavy atom. The molecule has 0 bridgehead atoms. The van der Waals surface area contributed by atoms with Gasteiger partial charge in [0.2, 0.25) is 15.9 Å². The smallest absolute Gasteiger partial charge is 0.223 e. The molecule has 1 N–H and O–H groups in total. The van der Waals surface area contributed by atoms with E-state index in [4.69, 9.17) is 0 Å². The SMILES string of the molecule is Cc1cccc(CS(=O)(=O)N2CCC(C(=O)NC(CC(C)C)c3ccccc3)CC2)c1. The van der Waals surface area contributed by atoms with Gasteiger partial charge in [0, 0.05) is 19.0 Å². The van der Waals surface area contributed by atoms with Crippen molar-refractivity contribution in [2.24, 2.45) is 11.8 Å². The monoisotopic (exact) mass is 442 g/mol. The number of carbonyl (C=O) groups excluding carboxylic acids is 1. The molecular weight excluding hydrogens is 408 g/mol. The Labute approximate surface area is 186 Å². The lowest BCUT2D eigenvalue weighted by molar-refractivity contribution is -0.127. The van der Waals surface area contributed by atoms with Crippen LogP contribution in [0, 0.1) is 18.8 Å². The van der Waals surface area contributed by atoms with Crippen LogP contribution in [0.1, 0.15) is 55.8 Å². The number of nitrogens with one attached hydrogen (secondary N) is 1. The zero-order valence-corrected chi connectivity index (χ0v) is 19.6. The largest absolute Gasteiger partial charge is 0.349 e. The number of rotatable bonds is 8. The highest BCUT2D eigenvalue weighted by Crippen LogP contribution is 2.25. The zero-order chi connectivity index (χ0) is 22.4. The Morgan fingerprint density at radius 1 is 1.06 bits per heavy atom. The van der Waals surface area contributed by atoms with Crippen molar-refractivity contribution in [1.29, 1.82) is 0 Å². The number of nitrogens with zero attached hydrogens (tertiary/aromatic N) is 1. The fraction of sp³-hybridized carbons (Fsp3) is 0.480. The van der Waals surface area contributed by atoms with Crippen LogP contribution in [-0.2, 0) is 20.6 Å². The number of hydrogen-bond acceptors (Lipinski definition) is 3. The molecule has 5 nitrogen and oxygen atoms in total. The van der Waals surface area contributed by atoms with E-state index in [2.05, 4.69) is 19.2 Å². The van der Waals surface area contributed by atoms with Crippen molar-refractivity contribution in [2.75, 3.05) is 13.1 Å². The minimum atomic E-state index is -3.38. The Morgan fingerprint density at radius 2 is 1.74 bits per heavy atom. The first-order chi connectivity index (χ1) is 14.7. The Hall–Kier alpha value is -2.18. The molecular formula is C25H34N2O3S. The first-order valence-electron chi connectivity index (χ1n) is 11.1. The number of carbonyl (C=O) groups is 1. The van der Waals surface area contributed by atoms with Gasteiger partial charge in [0.05, 0.1) is 11.8 Å². The predicted molar refractivity (Wildman–Crippen MR) is 125 cm³/mol. The first kappa shape index (κ1) is 23.5. The lowest BCUT2D eigenvalue weighted by Gasteiger charge is -2.32. The maximum absolute atomic E-state index is 13.0. The third kappa shape index (κ3) is 6.65. The molecule has 2 aromatic rings. The van der Waals surface area contributed by atoms with E-state index in [1.807, 2.05) is 61.5 Å². The predicted octanol–water partition coefficient (Wildman–Crippen LogP) is 4.44. The number of amides is 1. The average molecular weight is 443 g/mol. The molecule has 0 spiro atoms. The van der Waals surface area contributed by atoms with Gasteiger partial charge < -0.3 is 5.32 Å². The second kappa shape index (κ2) is 10.4. The van der Waals surface area contributed by atoms with E-state index >= 15 is 0 Å². The summed E-state index contributed by atoms with van der Waals surface area (Å²) in [6.07, 6.45) is 1.99. The molecule has 1 amide bonds. The second-order valence-electron chi connectivity index (χ2n) is 9.02. The normalized spacial score (nSPS) is 16.9. The van der Waals surface area contributed by atoms with Crippen LogP contribution in [-0.4, -0.2) is 31.7 Å². The van der Waals surface area contributed by atoms with Gasteiger partial charge in [-0.2, -0.15) is 0 Å². The van der Waals surface area contributed by atoms with Gasteiger partial charge in [-0.15, -0.1) is 0 Å². The molecule has 1 atom stereocenters. The van der Waals surface area contributed by atoms with Gasteiger partial charge in [0.25, 0.3) is 0 Å². The summed E-state index contributed by atoms with van der Waals surface area (Å²) < 4.78 is 27.2. The van der Waals surface area contributed by atoms with Crippen LogP contribution in [0.2, 0.25) is 0 Å². The molecule has 1 fully saturated rings. The lowest BCUT2D eigenvalue weighted by Crippen LogP contribution is -2.44. The summed E-state index contributed by atoms with van der Waals surface area (Å²) in [4.78, 5) is 13.0. The summed E-state index contributed by atoms with van der Waals surface area (Å²) in [7, 11) is -3.38. The molecule has 0 radical (unpaired) electrons. The Balaban J connectivity index is 1.58. The van der Waals surface area contributed by atoms with Crippen molar-refractivity contribution >= 4 is 15.9 Å². The quantitative estimate of drug-likeness (QED) is 0.657. The van der Waals surface area contributed by atoms with Gasteiger partial charge in [-0.25, -0.2) is 12.7 Å². The average Bonchev–Trinajstić information content (AvgIpc) is 2.73. The summed E-state index contributed by atoms with van der Waals surface area (Å²) >= 11 is 0. The number of sulfonamides is 1. The molecule has 0 aliphatic carbocycles. The number of aryl methyl sites for hydroxylation is 1. The molecule has 1 aliphatic rings. The minimum Gasteiger partial charge on any atom is -0.349 e. The van der Waals surface area contributed by atoms with Crippen molar-refractivity contribution in [1.82, 2.24) is 9.62 Å². The van der Waals surface area contributed by atoms with Crippen LogP contribution in [0.25, 0.3) is 0 Å². The van der Waals surface area contributed by atoms with Crippen LogP contribution >= 0.6 is 0 Å². The van der Waals surface area contributed by atoms with E-state index in [-0.39, 0.29) is 23.6 Å². The summed E-state index contributed by atoms with van der Waals surface area (Å²) in [5.41, 5.74) is 2.97. The van der Waals surface area contributed by atoms with Crippen molar-refractivity contribution in [2.45, 2.75) is 51.8 Å². The summed E-state index contributed by atoms with van der Waals surface area (Å²) in [6, 6.07) is 17.7. The van der Waals surface area contributed by atoms with E-state index in [0.717, 1.165) is 23.1 Å². The van der Waals surface area contributed by atoms with Crippen LogP contribution in [0.4, 0.5) is 0 Å². The molecule has 1 heterocycles. The summed E-state index contributed by atoms with van der Waals surface area (Å²) in [5.74, 6) is 0.351. The fourth-order valence-electron chi connectivity index (χ4n) is 4.22. The van der Waals surface area contributed by atoms with Gasteiger partial charge in [-0.1, -0.05) is 74.0 Å². The molecule has 0 aromatic heterocycles. The molecule has 1 unspecified atom stereocenters. The highest BCUT2D eigenvalue weighted by atomic mass is 32.2. The van der Waals surface area contributed by atoms with E-state index in [0.29, 0.717) is 31.8 Å². The zero-order valence-electron chi connectivity index (χ0n) is 18.8. The molecule has 31 heavy (non-hydrogen) atoms. The van der Waals surface area contributed by atoms with Crippen molar-refractivity contribution in [3.63, 3.8) is 0 Å². The highest BCUT2D eigenvalue weighted by Gasteiger charge is 2.32. The molecule has 6 heteroatoms. The van der Waals surface area contributed by atoms with Crippen LogP contribution in [0.5, 0.6) is 0 Å². The maximum Gasteiger partial charge on any atom is 0.223 e. The van der Waals surface area contributed by atoms with Gasteiger partial charge in [-0.3, -0.25) is 4.79 Å². The standard InChI is InChI=1S/C25H34N2O3S/c1-19(2)16-24(22-10-5-4-6-11-22)26-25(28)23-12-14-27(15-13-23)31(29,30)18-21-9-7-8-20(3)17-21/h4-11,17,19,23-24H,12-16,18H2,1-3H3,(H,26,28). The van der Waals surface area contributed by atoms with Crippen molar-refractivity contribution in [3.8, 4) is 0 Å². The molecule has 1 aliphatic heterocycles. The van der Waals surface area contributed by atoms with E-state index in [1.165, 1.54) is 0 Å². The van der Waals surface area contributed by atoms with Crippen LogP contribution in [0.15, 0.2) is 54.6 Å². The minimum absolute atomic E-state index is 0.00993. The summed E-state index contributed by atoms with van der Waals surface area (Å²) in [6.45, 7) is 7.06. The highest BCUT2D eigenvalue weighted by molar-refractivity contribution is 7.88. The number of benzene rings is 2. The van der Waals surface area contributed by atoms with Gasteiger partial charge in [-0.05, 0) is 43.2 Å². The number of hydrogen-bond donors (Lipinski definition) is 1. The second-order valence-corrected chi connectivity index (χ2v) is 11.0. The molecule has 168 valence electrons. The number of piperidine rings is 1. The van der Waals surface area contributed by atoms with Gasteiger partial charge in [0.15, 0.2) is 0 Å². The van der Waals surface area contributed by atoms with Crippen LogP contribution < -0.4 is 5.32 Å². The Bertz CT molecular complexity index is 965. The molecule has 0 saturated carbocycles. The fourth-order valence-corrected chi connectivity index (χ4v) is 5.78. The first-order valence-corrected chi connectivity index (χ1v) is 12.7. The van der Waals surface area contributed by atoms with Gasteiger partial charge >= 0.3 is 0 Å². The molecule has 2 aromatic carbocycles. The van der Waals surface area contributed by atoms with Crippen molar-refractivity contribution < 1.29 is 13.2 Å².